The first-order valence-electron chi connectivity index (χ1n) is 3.05. The van der Waals surface area contributed by atoms with Crippen molar-refractivity contribution < 1.29 is 5.21 Å². The first-order chi connectivity index (χ1) is 5.24. The standard InChI is InChI=1S/C7H7BrN2O/c1-5(10-11)6-3-2-4-7(8)9-6/h2-4,11H,1H3/b10-5+. The molecule has 0 aliphatic heterocycles. The van der Waals surface area contributed by atoms with Crippen molar-refractivity contribution in [1.29, 1.82) is 0 Å². The molecular weight excluding hydrogens is 208 g/mol. The van der Waals surface area contributed by atoms with Crippen LogP contribution in [-0.2, 0) is 0 Å². The molecule has 0 atom stereocenters. The summed E-state index contributed by atoms with van der Waals surface area (Å²) in [7, 11) is 0. The van der Waals surface area contributed by atoms with Crippen molar-refractivity contribution in [3.05, 3.63) is 28.5 Å². The fraction of sp³-hybridized carbons (Fsp3) is 0.143. The summed E-state index contributed by atoms with van der Waals surface area (Å²) in [6.45, 7) is 1.69. The van der Waals surface area contributed by atoms with E-state index in [-0.39, 0.29) is 0 Å². The van der Waals surface area contributed by atoms with E-state index in [1.807, 2.05) is 12.1 Å². The monoisotopic (exact) mass is 214 g/mol. The third-order valence-electron chi connectivity index (χ3n) is 1.24. The average molecular weight is 215 g/mol. The molecular formula is C7H7BrN2O. The molecule has 0 amide bonds. The maximum absolute atomic E-state index is 8.41. The van der Waals surface area contributed by atoms with Gasteiger partial charge >= 0.3 is 0 Å². The number of rotatable bonds is 1. The van der Waals surface area contributed by atoms with Gasteiger partial charge in [0.1, 0.15) is 10.3 Å². The summed E-state index contributed by atoms with van der Waals surface area (Å²) in [6, 6.07) is 5.43. The molecule has 58 valence electrons. The fourth-order valence-corrected chi connectivity index (χ4v) is 1.00. The van der Waals surface area contributed by atoms with Crippen LogP contribution in [0, 0.1) is 0 Å². The SMILES string of the molecule is C/C(=N\O)c1cccc(Br)n1. The number of hydrogen-bond acceptors (Lipinski definition) is 3. The van der Waals surface area contributed by atoms with Gasteiger partial charge in [0.05, 0.1) is 5.69 Å². The van der Waals surface area contributed by atoms with Crippen molar-refractivity contribution in [1.82, 2.24) is 4.98 Å². The van der Waals surface area contributed by atoms with Gasteiger partial charge in [-0.1, -0.05) is 11.2 Å². The highest BCUT2D eigenvalue weighted by Gasteiger charge is 1.98. The largest absolute Gasteiger partial charge is 0.411 e. The summed E-state index contributed by atoms with van der Waals surface area (Å²) in [4.78, 5) is 4.07. The summed E-state index contributed by atoms with van der Waals surface area (Å²) >= 11 is 3.21. The lowest BCUT2D eigenvalue weighted by Gasteiger charge is -1.96. The lowest BCUT2D eigenvalue weighted by Crippen LogP contribution is -1.97. The maximum atomic E-state index is 8.41. The Morgan fingerprint density at radius 1 is 1.64 bits per heavy atom. The Morgan fingerprint density at radius 3 is 2.91 bits per heavy atom. The van der Waals surface area contributed by atoms with Crippen molar-refractivity contribution in [2.75, 3.05) is 0 Å². The van der Waals surface area contributed by atoms with Crippen LogP contribution < -0.4 is 0 Å². The van der Waals surface area contributed by atoms with E-state index in [9.17, 15) is 0 Å². The number of nitrogens with zero attached hydrogens (tertiary/aromatic N) is 2. The van der Waals surface area contributed by atoms with Gasteiger partial charge in [0.15, 0.2) is 0 Å². The van der Waals surface area contributed by atoms with E-state index >= 15 is 0 Å². The predicted octanol–water partition coefficient (Wildman–Crippen LogP) is 2.04. The average Bonchev–Trinajstić information content (AvgIpc) is 2.03. The van der Waals surface area contributed by atoms with Gasteiger partial charge in [-0.25, -0.2) is 4.98 Å². The second kappa shape index (κ2) is 3.48. The maximum Gasteiger partial charge on any atom is 0.106 e. The van der Waals surface area contributed by atoms with Crippen LogP contribution in [0.25, 0.3) is 0 Å². The van der Waals surface area contributed by atoms with Crippen molar-refractivity contribution in [2.45, 2.75) is 6.92 Å². The van der Waals surface area contributed by atoms with Crippen LogP contribution in [0.5, 0.6) is 0 Å². The van der Waals surface area contributed by atoms with E-state index in [1.165, 1.54) is 0 Å². The molecule has 4 heteroatoms. The first-order valence-corrected chi connectivity index (χ1v) is 3.85. The highest BCUT2D eigenvalue weighted by atomic mass is 79.9. The second-order valence-corrected chi connectivity index (χ2v) is 2.84. The van der Waals surface area contributed by atoms with Crippen molar-refractivity contribution in [3.63, 3.8) is 0 Å². The minimum absolute atomic E-state index is 0.506. The Labute approximate surface area is 72.9 Å². The molecule has 0 saturated heterocycles. The third kappa shape index (κ3) is 2.01. The van der Waals surface area contributed by atoms with Gasteiger partial charge < -0.3 is 5.21 Å². The molecule has 1 aromatic heterocycles. The van der Waals surface area contributed by atoms with Crippen LogP contribution in [0.4, 0.5) is 0 Å². The van der Waals surface area contributed by atoms with E-state index in [0.29, 0.717) is 11.4 Å². The molecule has 1 N–H and O–H groups in total. The summed E-state index contributed by atoms with van der Waals surface area (Å²) in [5.41, 5.74) is 1.17. The van der Waals surface area contributed by atoms with Gasteiger partial charge in [-0.2, -0.15) is 0 Å². The zero-order valence-electron chi connectivity index (χ0n) is 5.95. The molecule has 1 aromatic rings. The quantitative estimate of drug-likeness (QED) is 0.337. The molecule has 3 nitrogen and oxygen atoms in total. The molecule has 0 aliphatic carbocycles. The second-order valence-electron chi connectivity index (χ2n) is 2.03. The highest BCUT2D eigenvalue weighted by Crippen LogP contribution is 2.06. The van der Waals surface area contributed by atoms with Gasteiger partial charge in [-0.15, -0.1) is 0 Å². The smallest absolute Gasteiger partial charge is 0.106 e. The van der Waals surface area contributed by atoms with Crippen LogP contribution in [0.3, 0.4) is 0 Å². The molecule has 0 spiro atoms. The van der Waals surface area contributed by atoms with Gasteiger partial charge in [0.2, 0.25) is 0 Å². The third-order valence-corrected chi connectivity index (χ3v) is 1.68. The van der Waals surface area contributed by atoms with E-state index in [4.69, 9.17) is 5.21 Å². The topological polar surface area (TPSA) is 45.5 Å². The number of hydrogen-bond donors (Lipinski definition) is 1. The molecule has 0 radical (unpaired) electrons. The number of oxime groups is 1. The van der Waals surface area contributed by atoms with Gasteiger partial charge in [-0.05, 0) is 35.0 Å². The Hall–Kier alpha value is -0.900. The predicted molar refractivity (Wildman–Crippen MR) is 45.9 cm³/mol. The summed E-state index contributed by atoms with van der Waals surface area (Å²) in [6.07, 6.45) is 0. The number of pyridine rings is 1. The molecule has 0 aromatic carbocycles. The lowest BCUT2D eigenvalue weighted by molar-refractivity contribution is 0.319. The van der Waals surface area contributed by atoms with Crippen LogP contribution in [0.1, 0.15) is 12.6 Å². The Morgan fingerprint density at radius 2 is 2.36 bits per heavy atom. The lowest BCUT2D eigenvalue weighted by atomic mass is 10.3. The Balaban J connectivity index is 3.06. The van der Waals surface area contributed by atoms with Crippen LogP contribution in [-0.4, -0.2) is 15.9 Å². The van der Waals surface area contributed by atoms with E-state index in [1.54, 1.807) is 13.0 Å². The molecule has 0 aliphatic rings. The Bertz CT molecular complexity index is 286. The number of aromatic nitrogens is 1. The van der Waals surface area contributed by atoms with Crippen molar-refractivity contribution in [3.8, 4) is 0 Å². The Kier molecular flexibility index (Phi) is 2.59. The zero-order chi connectivity index (χ0) is 8.27. The zero-order valence-corrected chi connectivity index (χ0v) is 7.54. The molecule has 0 saturated carbocycles. The van der Waals surface area contributed by atoms with Crippen LogP contribution in [0.15, 0.2) is 28.0 Å². The molecule has 1 rings (SSSR count). The van der Waals surface area contributed by atoms with Gasteiger partial charge in [-0.3, -0.25) is 0 Å². The molecule has 1 heterocycles. The molecule has 0 unspecified atom stereocenters. The first kappa shape index (κ1) is 8.20. The van der Waals surface area contributed by atoms with Crippen LogP contribution >= 0.6 is 15.9 Å². The summed E-state index contributed by atoms with van der Waals surface area (Å²) in [5, 5.41) is 11.4. The minimum atomic E-state index is 0.506. The summed E-state index contributed by atoms with van der Waals surface area (Å²) < 4.78 is 0.734. The molecule has 0 fully saturated rings. The van der Waals surface area contributed by atoms with E-state index < -0.39 is 0 Å². The molecule has 11 heavy (non-hydrogen) atoms. The van der Waals surface area contributed by atoms with Gasteiger partial charge in [0.25, 0.3) is 0 Å². The minimum Gasteiger partial charge on any atom is -0.411 e. The highest BCUT2D eigenvalue weighted by molar-refractivity contribution is 9.10. The summed E-state index contributed by atoms with van der Waals surface area (Å²) in [5.74, 6) is 0. The number of halogens is 1. The van der Waals surface area contributed by atoms with E-state index in [0.717, 1.165) is 4.60 Å². The normalized spacial score (nSPS) is 11.6. The molecule has 0 bridgehead atoms. The van der Waals surface area contributed by atoms with Crippen molar-refractivity contribution >= 4 is 21.6 Å². The van der Waals surface area contributed by atoms with Crippen molar-refractivity contribution in [2.24, 2.45) is 5.16 Å². The van der Waals surface area contributed by atoms with E-state index in [2.05, 4.69) is 26.1 Å². The van der Waals surface area contributed by atoms with Crippen LogP contribution in [0.2, 0.25) is 0 Å². The fourth-order valence-electron chi connectivity index (χ4n) is 0.661. The van der Waals surface area contributed by atoms with Gasteiger partial charge in [0, 0.05) is 0 Å².